The number of carbonyl (C=O) groups is 1. The van der Waals surface area contributed by atoms with Gasteiger partial charge in [-0.15, -0.1) is 0 Å². The molecular weight excluding hydrogens is 300 g/mol. The maximum atomic E-state index is 12.1. The second kappa shape index (κ2) is 8.50. The van der Waals surface area contributed by atoms with Gasteiger partial charge in [-0.1, -0.05) is 48.5 Å². The van der Waals surface area contributed by atoms with Crippen molar-refractivity contribution in [2.75, 3.05) is 19.7 Å². The summed E-state index contributed by atoms with van der Waals surface area (Å²) in [7, 11) is 0. The van der Waals surface area contributed by atoms with Crippen LogP contribution in [0, 0.1) is 0 Å². The Morgan fingerprint density at radius 2 is 1.79 bits per heavy atom. The van der Waals surface area contributed by atoms with Gasteiger partial charge < -0.3 is 10.1 Å². The molecule has 1 heterocycles. The molecule has 2 aromatic carbocycles. The van der Waals surface area contributed by atoms with Gasteiger partial charge in [0.2, 0.25) is 0 Å². The zero-order chi connectivity index (χ0) is 16.6. The lowest BCUT2D eigenvalue weighted by Gasteiger charge is -2.33. The Bertz CT molecular complexity index is 631. The molecule has 0 radical (unpaired) electrons. The normalized spacial score (nSPS) is 18.1. The fourth-order valence-electron chi connectivity index (χ4n) is 3.09. The van der Waals surface area contributed by atoms with E-state index in [1.165, 1.54) is 5.56 Å². The number of rotatable bonds is 6. The highest BCUT2D eigenvalue weighted by molar-refractivity contribution is 5.77. The van der Waals surface area contributed by atoms with E-state index in [0.717, 1.165) is 38.2 Å². The van der Waals surface area contributed by atoms with E-state index in [1.807, 2.05) is 36.4 Å². The van der Waals surface area contributed by atoms with Crippen LogP contribution in [0.25, 0.3) is 0 Å². The van der Waals surface area contributed by atoms with Gasteiger partial charge in [-0.05, 0) is 37.1 Å². The van der Waals surface area contributed by atoms with Crippen LogP contribution in [-0.2, 0) is 11.3 Å². The predicted molar refractivity (Wildman–Crippen MR) is 94.8 cm³/mol. The van der Waals surface area contributed by atoms with Crippen LogP contribution in [0.3, 0.4) is 0 Å². The van der Waals surface area contributed by atoms with Crippen molar-refractivity contribution in [3.8, 4) is 5.75 Å². The SMILES string of the molecule is O=C(COc1ccccc1)N[C@@H]1CCCN(Cc2ccccc2)C1. The van der Waals surface area contributed by atoms with Gasteiger partial charge in [0.1, 0.15) is 5.75 Å². The Hall–Kier alpha value is -2.33. The van der Waals surface area contributed by atoms with Crippen molar-refractivity contribution in [2.45, 2.75) is 25.4 Å². The summed E-state index contributed by atoms with van der Waals surface area (Å²) in [6.45, 7) is 2.99. The largest absolute Gasteiger partial charge is 0.484 e. The first-order valence-electron chi connectivity index (χ1n) is 8.53. The minimum atomic E-state index is -0.0505. The topological polar surface area (TPSA) is 41.6 Å². The van der Waals surface area contributed by atoms with Crippen molar-refractivity contribution in [1.82, 2.24) is 10.2 Å². The Kier molecular flexibility index (Phi) is 5.85. The van der Waals surface area contributed by atoms with Crippen molar-refractivity contribution in [2.24, 2.45) is 0 Å². The van der Waals surface area contributed by atoms with Gasteiger partial charge in [-0.25, -0.2) is 0 Å². The summed E-state index contributed by atoms with van der Waals surface area (Å²) < 4.78 is 5.51. The molecule has 0 bridgehead atoms. The number of nitrogens with zero attached hydrogens (tertiary/aromatic N) is 1. The molecule has 0 unspecified atom stereocenters. The third-order valence-electron chi connectivity index (χ3n) is 4.23. The molecule has 0 aliphatic carbocycles. The predicted octanol–water partition coefficient (Wildman–Crippen LogP) is 2.85. The van der Waals surface area contributed by atoms with E-state index >= 15 is 0 Å². The van der Waals surface area contributed by atoms with E-state index in [1.54, 1.807) is 0 Å². The first-order chi connectivity index (χ1) is 11.8. The van der Waals surface area contributed by atoms with Gasteiger partial charge in [0.15, 0.2) is 6.61 Å². The molecule has 1 amide bonds. The fourth-order valence-corrected chi connectivity index (χ4v) is 3.09. The van der Waals surface area contributed by atoms with Crippen LogP contribution < -0.4 is 10.1 Å². The van der Waals surface area contributed by atoms with Gasteiger partial charge >= 0.3 is 0 Å². The number of hydrogen-bond acceptors (Lipinski definition) is 3. The smallest absolute Gasteiger partial charge is 0.258 e. The molecular formula is C20H24N2O2. The van der Waals surface area contributed by atoms with E-state index in [-0.39, 0.29) is 18.6 Å². The maximum absolute atomic E-state index is 12.1. The highest BCUT2D eigenvalue weighted by Crippen LogP contribution is 2.14. The Morgan fingerprint density at radius 1 is 1.08 bits per heavy atom. The standard InChI is InChI=1S/C20H24N2O2/c23-20(16-24-19-11-5-2-6-12-19)21-18-10-7-13-22(15-18)14-17-8-3-1-4-9-17/h1-6,8-9,11-12,18H,7,10,13-16H2,(H,21,23)/t18-/m1/s1. The molecule has 4 nitrogen and oxygen atoms in total. The third kappa shape index (κ3) is 5.10. The first-order valence-corrected chi connectivity index (χ1v) is 8.53. The number of para-hydroxylation sites is 1. The average molecular weight is 324 g/mol. The van der Waals surface area contributed by atoms with Crippen molar-refractivity contribution in [3.63, 3.8) is 0 Å². The van der Waals surface area contributed by atoms with Gasteiger partial charge in [0.05, 0.1) is 0 Å². The molecule has 0 saturated carbocycles. The number of carbonyl (C=O) groups excluding carboxylic acids is 1. The molecule has 0 aromatic heterocycles. The number of ether oxygens (including phenoxy) is 1. The highest BCUT2D eigenvalue weighted by Gasteiger charge is 2.21. The van der Waals surface area contributed by atoms with Crippen LogP contribution in [-0.4, -0.2) is 36.5 Å². The Morgan fingerprint density at radius 3 is 2.54 bits per heavy atom. The molecule has 2 aromatic rings. The van der Waals surface area contributed by atoms with E-state index in [2.05, 4.69) is 34.5 Å². The van der Waals surface area contributed by atoms with E-state index < -0.39 is 0 Å². The molecule has 1 atom stereocenters. The second-order valence-electron chi connectivity index (χ2n) is 6.23. The molecule has 1 aliphatic rings. The minimum absolute atomic E-state index is 0.0505. The van der Waals surface area contributed by atoms with E-state index in [9.17, 15) is 4.79 Å². The van der Waals surface area contributed by atoms with Crippen LogP contribution in [0.1, 0.15) is 18.4 Å². The van der Waals surface area contributed by atoms with Crippen molar-refractivity contribution in [1.29, 1.82) is 0 Å². The first kappa shape index (κ1) is 16.5. The number of amides is 1. The Balaban J connectivity index is 1.44. The summed E-state index contributed by atoms with van der Waals surface area (Å²) in [6, 6.07) is 20.1. The number of hydrogen-bond donors (Lipinski definition) is 1. The zero-order valence-corrected chi connectivity index (χ0v) is 13.9. The molecule has 1 saturated heterocycles. The summed E-state index contributed by atoms with van der Waals surface area (Å²) in [4.78, 5) is 14.5. The minimum Gasteiger partial charge on any atom is -0.484 e. The zero-order valence-electron chi connectivity index (χ0n) is 13.9. The van der Waals surface area contributed by atoms with Crippen LogP contribution in [0.2, 0.25) is 0 Å². The van der Waals surface area contributed by atoms with Crippen molar-refractivity contribution >= 4 is 5.91 Å². The summed E-state index contributed by atoms with van der Waals surface area (Å²) in [6.07, 6.45) is 2.14. The molecule has 1 fully saturated rings. The summed E-state index contributed by atoms with van der Waals surface area (Å²) >= 11 is 0. The molecule has 1 N–H and O–H groups in total. The van der Waals surface area contributed by atoms with Gasteiger partial charge in [0.25, 0.3) is 5.91 Å². The molecule has 24 heavy (non-hydrogen) atoms. The number of nitrogens with one attached hydrogen (secondary N) is 1. The lowest BCUT2D eigenvalue weighted by atomic mass is 10.0. The van der Waals surface area contributed by atoms with Gasteiger partial charge in [0, 0.05) is 19.1 Å². The van der Waals surface area contributed by atoms with Crippen LogP contribution in [0.5, 0.6) is 5.75 Å². The molecule has 4 heteroatoms. The van der Waals surface area contributed by atoms with Crippen molar-refractivity contribution in [3.05, 3.63) is 66.2 Å². The lowest BCUT2D eigenvalue weighted by molar-refractivity contribution is -0.124. The molecule has 126 valence electrons. The average Bonchev–Trinajstić information content (AvgIpc) is 2.62. The third-order valence-corrected chi connectivity index (χ3v) is 4.23. The van der Waals surface area contributed by atoms with Gasteiger partial charge in [-0.3, -0.25) is 9.69 Å². The summed E-state index contributed by atoms with van der Waals surface area (Å²) in [5.41, 5.74) is 1.32. The quantitative estimate of drug-likeness (QED) is 0.888. The number of likely N-dealkylation sites (tertiary alicyclic amines) is 1. The molecule has 0 spiro atoms. The van der Waals surface area contributed by atoms with Gasteiger partial charge in [-0.2, -0.15) is 0 Å². The van der Waals surface area contributed by atoms with Crippen LogP contribution in [0.15, 0.2) is 60.7 Å². The van der Waals surface area contributed by atoms with E-state index in [0.29, 0.717) is 0 Å². The summed E-state index contributed by atoms with van der Waals surface area (Å²) in [5, 5.41) is 3.10. The van der Waals surface area contributed by atoms with Crippen molar-refractivity contribution < 1.29 is 9.53 Å². The second-order valence-corrected chi connectivity index (χ2v) is 6.23. The molecule has 1 aliphatic heterocycles. The summed E-state index contributed by atoms with van der Waals surface area (Å²) in [5.74, 6) is 0.674. The highest BCUT2D eigenvalue weighted by atomic mass is 16.5. The lowest BCUT2D eigenvalue weighted by Crippen LogP contribution is -2.48. The Labute approximate surface area is 143 Å². The number of benzene rings is 2. The van der Waals surface area contributed by atoms with Crippen LogP contribution >= 0.6 is 0 Å². The molecule has 3 rings (SSSR count). The van der Waals surface area contributed by atoms with Crippen LogP contribution in [0.4, 0.5) is 0 Å². The maximum Gasteiger partial charge on any atom is 0.258 e. The number of piperidine rings is 1. The fraction of sp³-hybridized carbons (Fsp3) is 0.350. The van der Waals surface area contributed by atoms with E-state index in [4.69, 9.17) is 4.74 Å². The monoisotopic (exact) mass is 324 g/mol.